The molecule has 0 bridgehead atoms. The molecule has 46 heavy (non-hydrogen) atoms. The molecule has 0 amide bonds. The van der Waals surface area contributed by atoms with E-state index in [1.54, 1.807) is 12.1 Å². The van der Waals surface area contributed by atoms with Gasteiger partial charge in [0.1, 0.15) is 11.7 Å². The van der Waals surface area contributed by atoms with Crippen LogP contribution in [0, 0.1) is 0 Å². The van der Waals surface area contributed by atoms with E-state index < -0.39 is 0 Å². The second-order valence-corrected chi connectivity index (χ2v) is 12.0. The Balaban J connectivity index is 0.928. The van der Waals surface area contributed by atoms with Gasteiger partial charge in [0, 0.05) is 56.2 Å². The highest BCUT2D eigenvalue weighted by Crippen LogP contribution is 2.34. The van der Waals surface area contributed by atoms with E-state index in [0.717, 1.165) is 27.9 Å². The maximum Gasteiger partial charge on any atom is 0.261 e. The molecule has 3 N–H and O–H groups in total. The van der Waals surface area contributed by atoms with Crippen LogP contribution >= 0.6 is 0 Å². The molecule has 0 spiro atoms. The fourth-order valence-corrected chi connectivity index (χ4v) is 6.94. The molecule has 0 radical (unpaired) electrons. The first-order valence-electron chi connectivity index (χ1n) is 15.5. The number of hydrogen-bond donors (Lipinski definition) is 3. The Labute approximate surface area is 261 Å². The van der Waals surface area contributed by atoms with Gasteiger partial charge in [-0.25, -0.2) is 20.0 Å². The van der Waals surface area contributed by atoms with Crippen molar-refractivity contribution in [1.29, 1.82) is 0 Å². The van der Waals surface area contributed by atoms with Crippen molar-refractivity contribution in [2.75, 3.05) is 13.1 Å². The summed E-state index contributed by atoms with van der Waals surface area (Å²) in [6, 6.07) is 14.7. The molecule has 4 heterocycles. The summed E-state index contributed by atoms with van der Waals surface area (Å²) in [6.07, 6.45) is 2.10. The molecule has 6 aromatic rings. The van der Waals surface area contributed by atoms with Crippen LogP contribution in [0.15, 0.2) is 78.1 Å². The Morgan fingerprint density at radius 3 is 1.59 bits per heavy atom. The average molecular weight is 614 g/mol. The summed E-state index contributed by atoms with van der Waals surface area (Å²) in [7, 11) is 0. The van der Waals surface area contributed by atoms with Crippen molar-refractivity contribution in [2.45, 2.75) is 46.2 Å². The molecule has 8 rings (SSSR count). The SMILES string of the molecule is CC1=Nc2cc3c(O)n(CCCCNCCCn4c(O)c5cc6c(c7cccc(c4=O)c57)=NC(C)=N6)c(=O)c4cccc(c2=N1)c34. The summed E-state index contributed by atoms with van der Waals surface area (Å²) >= 11 is 0. The predicted molar refractivity (Wildman–Crippen MR) is 181 cm³/mol. The van der Waals surface area contributed by atoms with E-state index in [1.165, 1.54) is 9.13 Å². The number of hydrogen-bond acceptors (Lipinski definition) is 9. The lowest BCUT2D eigenvalue weighted by Crippen LogP contribution is -2.25. The van der Waals surface area contributed by atoms with Gasteiger partial charge in [0.05, 0.1) is 22.1 Å². The highest BCUT2D eigenvalue weighted by atomic mass is 16.3. The van der Waals surface area contributed by atoms with Gasteiger partial charge in [0.15, 0.2) is 0 Å². The molecule has 0 atom stereocenters. The maximum atomic E-state index is 13.4. The molecule has 11 heteroatoms. The van der Waals surface area contributed by atoms with Crippen LogP contribution < -0.4 is 27.1 Å². The zero-order chi connectivity index (χ0) is 31.7. The van der Waals surface area contributed by atoms with E-state index in [-0.39, 0.29) is 22.9 Å². The summed E-state index contributed by atoms with van der Waals surface area (Å²) in [5.41, 5.74) is 0.943. The molecule has 230 valence electrons. The number of unbranched alkanes of at least 4 members (excludes halogenated alkanes) is 1. The number of amidine groups is 2. The quantitative estimate of drug-likeness (QED) is 0.208. The number of aromatic nitrogens is 2. The first-order chi connectivity index (χ1) is 22.3. The monoisotopic (exact) mass is 613 g/mol. The first kappa shape index (κ1) is 28.1. The summed E-state index contributed by atoms with van der Waals surface area (Å²) in [5.74, 6) is 1.19. The summed E-state index contributed by atoms with van der Waals surface area (Å²) in [4.78, 5) is 44.8. The molecular formula is C35H31N7O4. The minimum absolute atomic E-state index is 0.0509. The third-order valence-electron chi connectivity index (χ3n) is 9.00. The van der Waals surface area contributed by atoms with Crippen LogP contribution in [0.1, 0.15) is 33.1 Å². The van der Waals surface area contributed by atoms with Crippen LogP contribution in [0.25, 0.3) is 43.1 Å². The van der Waals surface area contributed by atoms with Gasteiger partial charge >= 0.3 is 0 Å². The summed E-state index contributed by atoms with van der Waals surface area (Å²) < 4.78 is 2.88. The molecule has 2 aromatic heterocycles. The van der Waals surface area contributed by atoms with Crippen molar-refractivity contribution in [3.8, 4) is 11.8 Å². The predicted octanol–water partition coefficient (Wildman–Crippen LogP) is 4.30. The van der Waals surface area contributed by atoms with Crippen LogP contribution in [0.5, 0.6) is 11.8 Å². The Hall–Kier alpha value is -5.42. The van der Waals surface area contributed by atoms with Crippen molar-refractivity contribution in [3.63, 3.8) is 0 Å². The van der Waals surface area contributed by atoms with E-state index in [0.29, 0.717) is 94.4 Å². The number of benzene rings is 4. The molecule has 0 aliphatic carbocycles. The molecule has 0 saturated carbocycles. The number of nitrogens with zero attached hydrogens (tertiary/aromatic N) is 6. The van der Waals surface area contributed by atoms with Gasteiger partial charge in [-0.2, -0.15) is 0 Å². The maximum absolute atomic E-state index is 13.4. The fraction of sp³-hybridized carbons (Fsp3) is 0.257. The molecule has 0 unspecified atom stereocenters. The number of pyridine rings is 2. The average Bonchev–Trinajstić information content (AvgIpc) is 3.63. The fourth-order valence-electron chi connectivity index (χ4n) is 6.94. The number of aliphatic imine (C=N–C) groups is 2. The van der Waals surface area contributed by atoms with Gasteiger partial charge in [0.25, 0.3) is 11.1 Å². The third-order valence-corrected chi connectivity index (χ3v) is 9.00. The molecular weight excluding hydrogens is 582 g/mol. The Morgan fingerprint density at radius 1 is 0.609 bits per heavy atom. The number of aromatic hydroxyl groups is 2. The lowest BCUT2D eigenvalue weighted by molar-refractivity contribution is 0.403. The highest BCUT2D eigenvalue weighted by molar-refractivity contribution is 6.14. The Kier molecular flexibility index (Phi) is 6.47. The van der Waals surface area contributed by atoms with Crippen LogP contribution in [-0.2, 0) is 13.1 Å². The van der Waals surface area contributed by atoms with E-state index >= 15 is 0 Å². The number of rotatable bonds is 9. The minimum Gasteiger partial charge on any atom is -0.494 e. The second kappa shape index (κ2) is 10.6. The lowest BCUT2D eigenvalue weighted by Gasteiger charge is -2.15. The topological polar surface area (TPSA) is 146 Å². The van der Waals surface area contributed by atoms with Gasteiger partial charge in [0.2, 0.25) is 11.8 Å². The lowest BCUT2D eigenvalue weighted by atomic mass is 10.0. The Bertz CT molecular complexity index is 2400. The van der Waals surface area contributed by atoms with Crippen LogP contribution in [0.2, 0.25) is 0 Å². The minimum atomic E-state index is -0.230. The molecule has 4 aromatic carbocycles. The molecule has 0 saturated heterocycles. The summed E-state index contributed by atoms with van der Waals surface area (Å²) in [5, 5.41) is 32.6. The first-order valence-corrected chi connectivity index (χ1v) is 15.5. The number of fused-ring (bicyclic) bond motifs is 4. The number of nitrogens with one attached hydrogen (secondary N) is 1. The second-order valence-electron chi connectivity index (χ2n) is 12.0. The van der Waals surface area contributed by atoms with Gasteiger partial charge in [-0.3, -0.25) is 18.7 Å². The zero-order valence-electron chi connectivity index (χ0n) is 25.5. The van der Waals surface area contributed by atoms with Crippen LogP contribution in [-0.4, -0.2) is 44.1 Å². The van der Waals surface area contributed by atoms with Crippen molar-refractivity contribution >= 4 is 66.1 Å². The van der Waals surface area contributed by atoms with Crippen molar-refractivity contribution in [1.82, 2.24) is 14.5 Å². The van der Waals surface area contributed by atoms with E-state index in [9.17, 15) is 19.8 Å². The van der Waals surface area contributed by atoms with Gasteiger partial charge in [-0.15, -0.1) is 0 Å². The Morgan fingerprint density at radius 2 is 1.07 bits per heavy atom. The van der Waals surface area contributed by atoms with Crippen LogP contribution in [0.3, 0.4) is 0 Å². The molecule has 2 aliphatic heterocycles. The van der Waals surface area contributed by atoms with Gasteiger partial charge in [-0.1, -0.05) is 24.3 Å². The molecule has 0 fully saturated rings. The largest absolute Gasteiger partial charge is 0.494 e. The van der Waals surface area contributed by atoms with E-state index in [1.807, 2.05) is 50.2 Å². The normalized spacial score (nSPS) is 13.8. The standard InChI is InChI=1S/C35H31N7O4/c1-18-37-26-16-24-28-20(30(26)39-18)8-5-10-22(28)32(43)41(34(24)45)14-4-3-12-36-13-7-15-42-33(44)23-11-6-9-21-29(23)25(35(42)46)17-27-31(21)40-19(2)38-27/h5-6,8-11,16-17,36,45-46H,3-4,7,12-15H2,1-2H3. The van der Waals surface area contributed by atoms with Gasteiger partial charge < -0.3 is 15.5 Å². The van der Waals surface area contributed by atoms with Crippen molar-refractivity contribution < 1.29 is 10.2 Å². The summed E-state index contributed by atoms with van der Waals surface area (Å²) in [6.45, 7) is 5.74. The van der Waals surface area contributed by atoms with E-state index in [2.05, 4.69) is 25.3 Å². The zero-order valence-corrected chi connectivity index (χ0v) is 25.5. The van der Waals surface area contributed by atoms with Gasteiger partial charge in [-0.05, 0) is 70.5 Å². The third kappa shape index (κ3) is 4.22. The van der Waals surface area contributed by atoms with Crippen molar-refractivity contribution in [2.24, 2.45) is 20.0 Å². The highest BCUT2D eigenvalue weighted by Gasteiger charge is 2.21. The molecule has 11 nitrogen and oxygen atoms in total. The van der Waals surface area contributed by atoms with Crippen LogP contribution in [0.4, 0.5) is 11.4 Å². The smallest absolute Gasteiger partial charge is 0.261 e. The van der Waals surface area contributed by atoms with E-state index in [4.69, 9.17) is 0 Å². The molecule has 2 aliphatic rings. The van der Waals surface area contributed by atoms with Crippen molar-refractivity contribution in [3.05, 3.63) is 80.0 Å².